The molecule has 0 N–H and O–H groups in total. The molecule has 0 aliphatic carbocycles. The molecule has 1 aromatic rings. The summed E-state index contributed by atoms with van der Waals surface area (Å²) in [6.45, 7) is 2.71. The molecule has 1 saturated heterocycles. The predicted molar refractivity (Wildman–Crippen MR) is 60.4 cm³/mol. The van der Waals surface area contributed by atoms with Crippen molar-refractivity contribution in [2.45, 2.75) is 38.3 Å². The average molecular weight is 208 g/mol. The van der Waals surface area contributed by atoms with Gasteiger partial charge in [0.15, 0.2) is 0 Å². The second-order valence-corrected chi connectivity index (χ2v) is 6.08. The third-order valence-corrected chi connectivity index (χ3v) is 5.08. The third kappa shape index (κ3) is 1.24. The zero-order valence-electron chi connectivity index (χ0n) is 8.83. The summed E-state index contributed by atoms with van der Waals surface area (Å²) in [5.41, 5.74) is 1.65. The quantitative estimate of drug-likeness (QED) is 0.575. The fourth-order valence-corrected chi connectivity index (χ4v) is 4.22. The lowest BCUT2D eigenvalue weighted by atomic mass is 9.90. The Balaban J connectivity index is 1.96. The minimum atomic E-state index is 0.922. The summed E-state index contributed by atoms with van der Waals surface area (Å²) in [6.07, 6.45) is 5.69. The van der Waals surface area contributed by atoms with E-state index in [1.54, 1.807) is 10.4 Å². The van der Waals surface area contributed by atoms with E-state index in [2.05, 4.69) is 18.5 Å². The molecular weight excluding hydrogens is 190 g/mol. The fourth-order valence-electron chi connectivity index (χ4n) is 3.15. The smallest absolute Gasteiger partial charge is 0.114 e. The fraction of sp³-hybridized carbons (Fsp3) is 0.667. The van der Waals surface area contributed by atoms with Gasteiger partial charge in [-0.15, -0.1) is 11.3 Å². The second-order valence-electron chi connectivity index (χ2n) is 5.08. The zero-order chi connectivity index (χ0) is 9.60. The van der Waals surface area contributed by atoms with Crippen molar-refractivity contribution in [2.24, 2.45) is 0 Å². The van der Waals surface area contributed by atoms with E-state index in [0.29, 0.717) is 0 Å². The maximum atomic E-state index is 2.46. The van der Waals surface area contributed by atoms with Crippen LogP contribution in [-0.2, 0) is 13.0 Å². The maximum absolute atomic E-state index is 2.46. The third-order valence-electron chi connectivity index (χ3n) is 4.14. The Morgan fingerprint density at radius 3 is 3.29 bits per heavy atom. The van der Waals surface area contributed by atoms with E-state index in [1.165, 1.54) is 43.3 Å². The van der Waals surface area contributed by atoms with Crippen molar-refractivity contribution in [1.29, 1.82) is 0 Å². The highest BCUT2D eigenvalue weighted by atomic mass is 32.1. The molecule has 76 valence electrons. The number of hydrogen-bond donors (Lipinski definition) is 0. The highest BCUT2D eigenvalue weighted by molar-refractivity contribution is 7.10. The van der Waals surface area contributed by atoms with Crippen LogP contribution in [-0.4, -0.2) is 24.1 Å². The Morgan fingerprint density at radius 2 is 2.36 bits per heavy atom. The number of likely N-dealkylation sites (N-methyl/N-ethyl adjacent to an activating group) is 1. The van der Waals surface area contributed by atoms with Gasteiger partial charge in [0, 0.05) is 6.42 Å². The molecule has 2 atom stereocenters. The minimum Gasteiger partial charge on any atom is -0.319 e. The number of thiophene rings is 1. The van der Waals surface area contributed by atoms with Crippen LogP contribution in [0.1, 0.15) is 29.7 Å². The molecule has 0 amide bonds. The molecule has 1 aromatic heterocycles. The van der Waals surface area contributed by atoms with E-state index in [0.717, 1.165) is 6.04 Å². The lowest BCUT2D eigenvalue weighted by Gasteiger charge is -2.47. The molecule has 0 aromatic carbocycles. The molecule has 14 heavy (non-hydrogen) atoms. The molecule has 3 rings (SSSR count). The van der Waals surface area contributed by atoms with Gasteiger partial charge < -0.3 is 4.48 Å². The van der Waals surface area contributed by atoms with Crippen LogP contribution in [0.15, 0.2) is 11.4 Å². The molecule has 0 spiro atoms. The van der Waals surface area contributed by atoms with E-state index in [1.807, 2.05) is 11.3 Å². The van der Waals surface area contributed by atoms with Gasteiger partial charge in [-0.1, -0.05) is 0 Å². The minimum absolute atomic E-state index is 0.922. The first-order valence-electron chi connectivity index (χ1n) is 5.67. The van der Waals surface area contributed by atoms with Crippen LogP contribution >= 0.6 is 11.3 Å². The van der Waals surface area contributed by atoms with Crippen molar-refractivity contribution < 1.29 is 4.48 Å². The molecule has 0 unspecified atom stereocenters. The molecule has 1 fully saturated rings. The largest absolute Gasteiger partial charge is 0.319 e. The first-order valence-corrected chi connectivity index (χ1v) is 6.55. The number of piperidine rings is 1. The predicted octanol–water partition coefficient (Wildman–Crippen LogP) is 2.80. The van der Waals surface area contributed by atoms with Gasteiger partial charge in [-0.05, 0) is 36.3 Å². The van der Waals surface area contributed by atoms with E-state index < -0.39 is 0 Å². The monoisotopic (exact) mass is 208 g/mol. The van der Waals surface area contributed by atoms with Crippen LogP contribution < -0.4 is 0 Å². The van der Waals surface area contributed by atoms with Gasteiger partial charge in [0.1, 0.15) is 6.54 Å². The van der Waals surface area contributed by atoms with E-state index in [9.17, 15) is 0 Å². The summed E-state index contributed by atoms with van der Waals surface area (Å²) in [6, 6.07) is 3.27. The molecule has 2 heteroatoms. The highest BCUT2D eigenvalue weighted by Gasteiger charge is 2.40. The van der Waals surface area contributed by atoms with Gasteiger partial charge in [0.25, 0.3) is 0 Å². The SMILES string of the molecule is C[N@+]12CCCC[C@@H]1Cc1ccsc1C2. The molecular formula is C12H18NS+. The number of rotatable bonds is 0. The zero-order valence-corrected chi connectivity index (χ0v) is 9.65. The van der Waals surface area contributed by atoms with Crippen LogP contribution in [0.4, 0.5) is 0 Å². The summed E-state index contributed by atoms with van der Waals surface area (Å²) >= 11 is 1.96. The second kappa shape index (κ2) is 3.07. The standard InChI is InChI=1S/C12H18NS/c1-13-6-3-2-4-11(13)8-10-5-7-14-12(10)9-13/h5,7,11H,2-4,6,8-9H2,1H3/q+1/t11-,13-/m1/s1. The first kappa shape index (κ1) is 8.93. The molecule has 1 nitrogen and oxygen atoms in total. The number of nitrogens with zero attached hydrogens (tertiary/aromatic N) is 1. The van der Waals surface area contributed by atoms with Crippen molar-refractivity contribution in [2.75, 3.05) is 13.6 Å². The summed E-state index contributed by atoms with van der Waals surface area (Å²) in [7, 11) is 2.46. The van der Waals surface area contributed by atoms with Crippen molar-refractivity contribution in [3.05, 3.63) is 21.9 Å². The Kier molecular flexibility index (Phi) is 1.96. The van der Waals surface area contributed by atoms with Crippen molar-refractivity contribution in [3.63, 3.8) is 0 Å². The molecule has 0 saturated carbocycles. The van der Waals surface area contributed by atoms with Gasteiger partial charge >= 0.3 is 0 Å². The van der Waals surface area contributed by atoms with Gasteiger partial charge in [-0.25, -0.2) is 0 Å². The summed E-state index contributed by atoms with van der Waals surface area (Å²) in [5.74, 6) is 0. The van der Waals surface area contributed by atoms with Crippen LogP contribution in [0.2, 0.25) is 0 Å². The number of hydrogen-bond acceptors (Lipinski definition) is 1. The molecule has 0 bridgehead atoms. The van der Waals surface area contributed by atoms with E-state index >= 15 is 0 Å². The molecule has 0 radical (unpaired) electrons. The Morgan fingerprint density at radius 1 is 1.43 bits per heavy atom. The maximum Gasteiger partial charge on any atom is 0.114 e. The Bertz CT molecular complexity index is 344. The van der Waals surface area contributed by atoms with E-state index in [4.69, 9.17) is 0 Å². The average Bonchev–Trinajstić information content (AvgIpc) is 2.59. The normalized spacial score (nSPS) is 36.2. The molecule has 2 aliphatic heterocycles. The highest BCUT2D eigenvalue weighted by Crippen LogP contribution is 2.36. The van der Waals surface area contributed by atoms with E-state index in [-0.39, 0.29) is 0 Å². The van der Waals surface area contributed by atoms with Crippen molar-refractivity contribution in [3.8, 4) is 0 Å². The molecule has 2 aliphatic rings. The first-order chi connectivity index (χ1) is 6.78. The lowest BCUT2D eigenvalue weighted by molar-refractivity contribution is -0.952. The van der Waals surface area contributed by atoms with Crippen LogP contribution in [0, 0.1) is 0 Å². The molecule has 3 heterocycles. The Labute approximate surface area is 89.9 Å². The topological polar surface area (TPSA) is 0 Å². The lowest BCUT2D eigenvalue weighted by Crippen LogP contribution is -2.57. The summed E-state index contributed by atoms with van der Waals surface area (Å²) in [5, 5.41) is 2.27. The Hall–Kier alpha value is -0.340. The van der Waals surface area contributed by atoms with Crippen molar-refractivity contribution >= 4 is 11.3 Å². The van der Waals surface area contributed by atoms with Gasteiger partial charge in [-0.2, -0.15) is 0 Å². The van der Waals surface area contributed by atoms with Gasteiger partial charge in [0.05, 0.1) is 24.5 Å². The summed E-state index contributed by atoms with van der Waals surface area (Å²) < 4.78 is 1.33. The van der Waals surface area contributed by atoms with Crippen molar-refractivity contribution in [1.82, 2.24) is 0 Å². The van der Waals surface area contributed by atoms with Crippen LogP contribution in [0.3, 0.4) is 0 Å². The van der Waals surface area contributed by atoms with Gasteiger partial charge in [0.2, 0.25) is 0 Å². The number of quaternary nitrogens is 1. The van der Waals surface area contributed by atoms with Crippen LogP contribution in [0.5, 0.6) is 0 Å². The number of fused-ring (bicyclic) bond motifs is 2. The van der Waals surface area contributed by atoms with Crippen LogP contribution in [0.25, 0.3) is 0 Å². The summed E-state index contributed by atoms with van der Waals surface area (Å²) in [4.78, 5) is 1.66. The van der Waals surface area contributed by atoms with Gasteiger partial charge in [-0.3, -0.25) is 0 Å².